The molecular formula is C14H31NO3S. The summed E-state index contributed by atoms with van der Waals surface area (Å²) < 4.78 is 15.4. The summed E-state index contributed by atoms with van der Waals surface area (Å²) in [5, 5.41) is 2.81. The lowest BCUT2D eigenvalue weighted by Gasteiger charge is -2.32. The molecular weight excluding hydrogens is 262 g/mol. The molecule has 116 valence electrons. The highest BCUT2D eigenvalue weighted by Crippen LogP contribution is 2.41. The van der Waals surface area contributed by atoms with E-state index in [0.29, 0.717) is 12.5 Å². The standard InChI is InChI=1S/C14H31NO3S/c1-7-9-12(11-19(6,17)8-2)10-15-13(16)18-14(3,4)5/h12,17H,7-11H2,1-6H3,(H,15,16)/t12-/m0/s1. The second-order valence-corrected chi connectivity index (χ2v) is 9.57. The minimum absolute atomic E-state index is 0.322. The molecule has 0 radical (unpaired) electrons. The van der Waals surface area contributed by atoms with E-state index in [1.807, 2.05) is 34.0 Å². The molecule has 0 bridgehead atoms. The SMILES string of the molecule is CCC[C@@H](CNC(=O)OC(C)(C)C)CS(C)(O)CC. The van der Waals surface area contributed by atoms with E-state index in [1.54, 1.807) is 0 Å². The zero-order chi connectivity index (χ0) is 15.1. The molecule has 5 heteroatoms. The first kappa shape index (κ1) is 18.6. The Hall–Kier alpha value is -0.420. The maximum atomic E-state index is 11.6. The molecule has 2 N–H and O–H groups in total. The van der Waals surface area contributed by atoms with Gasteiger partial charge in [0.2, 0.25) is 0 Å². The fourth-order valence-corrected chi connectivity index (χ4v) is 3.36. The Morgan fingerprint density at radius 3 is 2.37 bits per heavy atom. The Balaban J connectivity index is 4.25. The third-order valence-electron chi connectivity index (χ3n) is 2.85. The zero-order valence-corrected chi connectivity index (χ0v) is 14.1. The first-order valence-electron chi connectivity index (χ1n) is 7.02. The largest absolute Gasteiger partial charge is 0.444 e. The van der Waals surface area contributed by atoms with Gasteiger partial charge in [-0.3, -0.25) is 0 Å². The molecule has 0 saturated carbocycles. The van der Waals surface area contributed by atoms with Gasteiger partial charge in [0.05, 0.1) is 0 Å². The molecule has 2 atom stereocenters. The predicted molar refractivity (Wildman–Crippen MR) is 84.2 cm³/mol. The highest BCUT2D eigenvalue weighted by atomic mass is 32.3. The monoisotopic (exact) mass is 293 g/mol. The number of ether oxygens (including phenoxy) is 1. The molecule has 0 aliphatic carbocycles. The van der Waals surface area contributed by atoms with Crippen molar-refractivity contribution in [2.75, 3.05) is 24.3 Å². The minimum atomic E-state index is -1.52. The van der Waals surface area contributed by atoms with Gasteiger partial charge in [0.15, 0.2) is 0 Å². The topological polar surface area (TPSA) is 58.6 Å². The maximum absolute atomic E-state index is 11.6. The van der Waals surface area contributed by atoms with Crippen LogP contribution in [0, 0.1) is 5.92 Å². The number of carbonyl (C=O) groups is 1. The molecule has 0 aromatic heterocycles. The summed E-state index contributed by atoms with van der Waals surface area (Å²) in [5.74, 6) is 1.91. The van der Waals surface area contributed by atoms with Crippen LogP contribution < -0.4 is 5.32 Å². The Labute approximate surface area is 119 Å². The Bertz CT molecular complexity index is 274. The molecule has 0 aliphatic rings. The van der Waals surface area contributed by atoms with E-state index in [2.05, 4.69) is 12.2 Å². The van der Waals surface area contributed by atoms with Crippen LogP contribution in [0.1, 0.15) is 47.5 Å². The van der Waals surface area contributed by atoms with Crippen molar-refractivity contribution in [3.63, 3.8) is 0 Å². The van der Waals surface area contributed by atoms with Crippen molar-refractivity contribution < 1.29 is 14.1 Å². The van der Waals surface area contributed by atoms with E-state index in [-0.39, 0.29) is 6.09 Å². The quantitative estimate of drug-likeness (QED) is 0.749. The van der Waals surface area contributed by atoms with Crippen LogP contribution in [0.5, 0.6) is 0 Å². The summed E-state index contributed by atoms with van der Waals surface area (Å²) in [7, 11) is -1.52. The normalized spacial score (nSPS) is 18.3. The molecule has 0 fully saturated rings. The Kier molecular flexibility index (Phi) is 7.82. The molecule has 0 spiro atoms. The van der Waals surface area contributed by atoms with E-state index in [1.165, 1.54) is 0 Å². The van der Waals surface area contributed by atoms with Crippen molar-refractivity contribution in [2.24, 2.45) is 5.92 Å². The fourth-order valence-electron chi connectivity index (χ4n) is 1.82. The van der Waals surface area contributed by atoms with Gasteiger partial charge in [-0.25, -0.2) is 4.79 Å². The number of alkyl carbamates (subject to hydrolysis) is 1. The molecule has 19 heavy (non-hydrogen) atoms. The van der Waals surface area contributed by atoms with Crippen molar-refractivity contribution >= 4 is 16.4 Å². The van der Waals surface area contributed by atoms with Crippen molar-refractivity contribution in [3.05, 3.63) is 0 Å². The van der Waals surface area contributed by atoms with Gasteiger partial charge in [-0.1, -0.05) is 20.3 Å². The lowest BCUT2D eigenvalue weighted by molar-refractivity contribution is 0.0520. The van der Waals surface area contributed by atoms with Crippen LogP contribution >= 0.6 is 10.3 Å². The molecule has 1 amide bonds. The van der Waals surface area contributed by atoms with Gasteiger partial charge in [-0.05, 0) is 45.1 Å². The number of carbonyl (C=O) groups excluding carboxylic acids is 1. The average molecular weight is 293 g/mol. The number of nitrogens with one attached hydrogen (secondary N) is 1. The third kappa shape index (κ3) is 10.1. The highest BCUT2D eigenvalue weighted by molar-refractivity contribution is 8.28. The average Bonchev–Trinajstić information content (AvgIpc) is 2.23. The minimum Gasteiger partial charge on any atom is -0.444 e. The van der Waals surface area contributed by atoms with Crippen LogP contribution in [0.15, 0.2) is 0 Å². The highest BCUT2D eigenvalue weighted by Gasteiger charge is 2.21. The van der Waals surface area contributed by atoms with E-state index in [0.717, 1.165) is 24.3 Å². The molecule has 0 saturated heterocycles. The van der Waals surface area contributed by atoms with Crippen LogP contribution in [0.2, 0.25) is 0 Å². The molecule has 0 aromatic rings. The zero-order valence-electron chi connectivity index (χ0n) is 13.3. The fraction of sp³-hybridized carbons (Fsp3) is 0.929. The molecule has 0 rings (SSSR count). The van der Waals surface area contributed by atoms with E-state index < -0.39 is 15.9 Å². The van der Waals surface area contributed by atoms with Crippen LogP contribution in [0.25, 0.3) is 0 Å². The summed E-state index contributed by atoms with van der Waals surface area (Å²) in [4.78, 5) is 11.6. The predicted octanol–water partition coefficient (Wildman–Crippen LogP) is 3.85. The first-order chi connectivity index (χ1) is 8.59. The number of hydrogen-bond donors (Lipinski definition) is 2. The first-order valence-corrected chi connectivity index (χ1v) is 9.36. The Morgan fingerprint density at radius 1 is 1.37 bits per heavy atom. The Morgan fingerprint density at radius 2 is 1.95 bits per heavy atom. The molecule has 4 nitrogen and oxygen atoms in total. The molecule has 0 aromatic carbocycles. The summed E-state index contributed by atoms with van der Waals surface area (Å²) >= 11 is 0. The van der Waals surface area contributed by atoms with Gasteiger partial charge in [-0.2, -0.15) is 0 Å². The summed E-state index contributed by atoms with van der Waals surface area (Å²) in [6.45, 7) is 10.3. The number of rotatable bonds is 7. The molecule has 0 aliphatic heterocycles. The van der Waals surface area contributed by atoms with E-state index in [4.69, 9.17) is 4.74 Å². The molecule has 1 unspecified atom stereocenters. The van der Waals surface area contributed by atoms with Crippen LogP contribution in [0.3, 0.4) is 0 Å². The van der Waals surface area contributed by atoms with Gasteiger partial charge < -0.3 is 14.6 Å². The second kappa shape index (κ2) is 8.00. The summed E-state index contributed by atoms with van der Waals surface area (Å²) in [6.07, 6.45) is 3.63. The van der Waals surface area contributed by atoms with Crippen molar-refractivity contribution in [1.29, 1.82) is 0 Å². The smallest absolute Gasteiger partial charge is 0.407 e. The van der Waals surface area contributed by atoms with Gasteiger partial charge in [0, 0.05) is 12.3 Å². The maximum Gasteiger partial charge on any atom is 0.407 e. The van der Waals surface area contributed by atoms with E-state index >= 15 is 0 Å². The van der Waals surface area contributed by atoms with Gasteiger partial charge >= 0.3 is 6.09 Å². The van der Waals surface area contributed by atoms with Crippen molar-refractivity contribution in [2.45, 2.75) is 53.1 Å². The molecule has 0 heterocycles. The summed E-state index contributed by atoms with van der Waals surface area (Å²) in [5.41, 5.74) is -0.468. The third-order valence-corrected chi connectivity index (χ3v) is 5.28. The van der Waals surface area contributed by atoms with E-state index in [9.17, 15) is 9.35 Å². The lowest BCUT2D eigenvalue weighted by atomic mass is 10.1. The van der Waals surface area contributed by atoms with Gasteiger partial charge in [0.25, 0.3) is 0 Å². The van der Waals surface area contributed by atoms with Crippen LogP contribution in [-0.2, 0) is 4.74 Å². The number of hydrogen-bond acceptors (Lipinski definition) is 3. The van der Waals surface area contributed by atoms with Gasteiger partial charge in [-0.15, -0.1) is 10.3 Å². The van der Waals surface area contributed by atoms with Crippen LogP contribution in [-0.4, -0.2) is 40.6 Å². The summed E-state index contributed by atoms with van der Waals surface area (Å²) in [6, 6.07) is 0. The van der Waals surface area contributed by atoms with Crippen molar-refractivity contribution in [3.8, 4) is 0 Å². The lowest BCUT2D eigenvalue weighted by Crippen LogP contribution is -2.36. The van der Waals surface area contributed by atoms with Crippen molar-refractivity contribution in [1.82, 2.24) is 5.32 Å². The van der Waals surface area contributed by atoms with Crippen LogP contribution in [0.4, 0.5) is 4.79 Å². The second-order valence-electron chi connectivity index (χ2n) is 6.22. The van der Waals surface area contributed by atoms with Gasteiger partial charge in [0.1, 0.15) is 5.60 Å². The number of amides is 1.